The number of aryl methyl sites for hydroxylation is 2. The lowest BCUT2D eigenvalue weighted by Gasteiger charge is -2.30. The number of fused-ring (bicyclic) bond motifs is 2. The van der Waals surface area contributed by atoms with Crippen LogP contribution in [0.25, 0.3) is 11.0 Å². The van der Waals surface area contributed by atoms with Crippen LogP contribution in [-0.2, 0) is 9.84 Å². The van der Waals surface area contributed by atoms with Crippen molar-refractivity contribution in [3.05, 3.63) is 68.6 Å². The van der Waals surface area contributed by atoms with Crippen molar-refractivity contribution in [3.8, 4) is 11.5 Å². The van der Waals surface area contributed by atoms with Crippen LogP contribution in [0, 0.1) is 19.8 Å². The van der Waals surface area contributed by atoms with Gasteiger partial charge in [0.1, 0.15) is 5.58 Å². The number of hydrogen-bond acceptors (Lipinski definition) is 7. The summed E-state index contributed by atoms with van der Waals surface area (Å²) in [6.45, 7) is 10.8. The number of carbonyl (C=O) groups excluding carboxylic acids is 1. The molecule has 2 aliphatic rings. The summed E-state index contributed by atoms with van der Waals surface area (Å²) in [6.07, 6.45) is 1.19. The Morgan fingerprint density at radius 2 is 1.85 bits per heavy atom. The number of hydrogen-bond donors (Lipinski definition) is 0. The molecule has 2 aliphatic heterocycles. The molecule has 2 atom stereocenters. The van der Waals surface area contributed by atoms with Crippen LogP contribution >= 0.6 is 0 Å². The monoisotopic (exact) mass is 553 g/mol. The third kappa shape index (κ3) is 5.04. The zero-order valence-corrected chi connectivity index (χ0v) is 23.9. The topological polar surface area (TPSA) is 103 Å². The van der Waals surface area contributed by atoms with E-state index in [9.17, 15) is 18.0 Å². The zero-order valence-electron chi connectivity index (χ0n) is 23.1. The van der Waals surface area contributed by atoms with Gasteiger partial charge in [-0.1, -0.05) is 26.0 Å². The maximum absolute atomic E-state index is 14.0. The first-order valence-electron chi connectivity index (χ1n) is 13.5. The van der Waals surface area contributed by atoms with Crippen molar-refractivity contribution in [2.45, 2.75) is 59.5 Å². The van der Waals surface area contributed by atoms with Gasteiger partial charge in [0.2, 0.25) is 5.76 Å². The predicted octanol–water partition coefficient (Wildman–Crippen LogP) is 4.97. The average molecular weight is 554 g/mol. The lowest BCUT2D eigenvalue weighted by molar-refractivity contribution is 0.0662. The molecule has 2 unspecified atom stereocenters. The smallest absolute Gasteiger partial charge is 0.291 e. The molecule has 1 saturated heterocycles. The molecule has 0 saturated carbocycles. The lowest BCUT2D eigenvalue weighted by Crippen LogP contribution is -2.40. The van der Waals surface area contributed by atoms with Crippen molar-refractivity contribution in [2.24, 2.45) is 5.92 Å². The molecule has 9 heteroatoms. The van der Waals surface area contributed by atoms with Gasteiger partial charge in [-0.2, -0.15) is 0 Å². The highest BCUT2D eigenvalue weighted by molar-refractivity contribution is 7.91. The first-order chi connectivity index (χ1) is 18.5. The van der Waals surface area contributed by atoms with Crippen LogP contribution in [0.2, 0.25) is 0 Å². The second-order valence-corrected chi connectivity index (χ2v) is 13.2. The minimum absolute atomic E-state index is 0.00100. The number of nitrogens with zero attached hydrogens (tertiary/aromatic N) is 1. The summed E-state index contributed by atoms with van der Waals surface area (Å²) in [6, 6.07) is 7.71. The second kappa shape index (κ2) is 10.3. The summed E-state index contributed by atoms with van der Waals surface area (Å²) >= 11 is 0. The van der Waals surface area contributed by atoms with Crippen LogP contribution in [-0.4, -0.2) is 50.0 Å². The van der Waals surface area contributed by atoms with Crippen molar-refractivity contribution in [1.82, 2.24) is 4.90 Å². The highest BCUT2D eigenvalue weighted by atomic mass is 32.2. The number of carbonyl (C=O) groups is 1. The van der Waals surface area contributed by atoms with Crippen molar-refractivity contribution in [2.75, 3.05) is 24.7 Å². The minimum atomic E-state index is -3.30. The quantitative estimate of drug-likeness (QED) is 0.388. The van der Waals surface area contributed by atoms with Gasteiger partial charge < -0.3 is 18.8 Å². The fourth-order valence-electron chi connectivity index (χ4n) is 5.63. The van der Waals surface area contributed by atoms with E-state index in [1.807, 2.05) is 32.9 Å². The summed E-state index contributed by atoms with van der Waals surface area (Å²) in [4.78, 5) is 29.4. The van der Waals surface area contributed by atoms with Gasteiger partial charge in [-0.25, -0.2) is 8.42 Å². The van der Waals surface area contributed by atoms with Gasteiger partial charge in [-0.3, -0.25) is 9.59 Å². The highest BCUT2D eigenvalue weighted by Crippen LogP contribution is 2.44. The normalized spacial score (nSPS) is 20.2. The molecule has 5 rings (SSSR count). The Morgan fingerprint density at radius 1 is 1.08 bits per heavy atom. The van der Waals surface area contributed by atoms with E-state index in [1.54, 1.807) is 18.2 Å². The Bertz CT molecular complexity index is 1610. The predicted molar refractivity (Wildman–Crippen MR) is 150 cm³/mol. The number of ether oxygens (including phenoxy) is 2. The maximum Gasteiger partial charge on any atom is 0.291 e. The van der Waals surface area contributed by atoms with Crippen LogP contribution in [0.4, 0.5) is 0 Å². The van der Waals surface area contributed by atoms with E-state index in [0.717, 1.165) is 17.5 Å². The van der Waals surface area contributed by atoms with Crippen LogP contribution in [0.3, 0.4) is 0 Å². The molecule has 3 aromatic rings. The first kappa shape index (κ1) is 27.2. The summed E-state index contributed by atoms with van der Waals surface area (Å²) < 4.78 is 42.9. The SMILES string of the molecule is CCOc1cc(C2c3c(oc4c(C)cc(C)cc4c3=O)C(=O)N2C2CCS(=O)(=O)C2)ccc1OCCC(C)C. The minimum Gasteiger partial charge on any atom is -0.490 e. The van der Waals surface area contributed by atoms with Gasteiger partial charge >= 0.3 is 0 Å². The van der Waals surface area contributed by atoms with Crippen LogP contribution in [0.15, 0.2) is 39.5 Å². The molecule has 0 bridgehead atoms. The summed E-state index contributed by atoms with van der Waals surface area (Å²) in [5.41, 5.74) is 2.64. The van der Waals surface area contributed by atoms with Crippen LogP contribution < -0.4 is 14.9 Å². The molecule has 0 aliphatic carbocycles. The van der Waals surface area contributed by atoms with Gasteiger partial charge in [-0.05, 0) is 74.4 Å². The Labute approximate surface area is 228 Å². The third-order valence-corrected chi connectivity index (χ3v) is 9.23. The van der Waals surface area contributed by atoms with Crippen molar-refractivity contribution in [3.63, 3.8) is 0 Å². The summed E-state index contributed by atoms with van der Waals surface area (Å²) in [7, 11) is -3.30. The van der Waals surface area contributed by atoms with Crippen LogP contribution in [0.1, 0.15) is 72.5 Å². The molecule has 1 amide bonds. The number of amides is 1. The number of sulfone groups is 1. The Balaban J connectivity index is 1.68. The molecule has 0 spiro atoms. The molecule has 0 N–H and O–H groups in total. The third-order valence-electron chi connectivity index (χ3n) is 7.48. The summed E-state index contributed by atoms with van der Waals surface area (Å²) in [5.74, 6) is 0.935. The first-order valence-corrected chi connectivity index (χ1v) is 15.3. The van der Waals surface area contributed by atoms with E-state index in [-0.39, 0.29) is 28.3 Å². The molecule has 1 aromatic heterocycles. The second-order valence-electron chi connectivity index (χ2n) is 11.0. The van der Waals surface area contributed by atoms with Crippen molar-refractivity contribution < 1.29 is 27.1 Å². The maximum atomic E-state index is 14.0. The molecular formula is C30H35NO7S. The van der Waals surface area contributed by atoms with Gasteiger partial charge in [0.25, 0.3) is 5.91 Å². The standard InChI is InChI=1S/C30H35NO7S/c1-6-36-24-15-20(7-8-23(24)37-11-9-17(2)3)26-25-27(32)22-14-18(4)13-19(5)28(22)38-29(25)30(33)31(26)21-10-12-39(34,35)16-21/h7-8,13-15,17,21,26H,6,9-12,16H2,1-5H3. The Kier molecular flexibility index (Phi) is 7.22. The molecule has 8 nitrogen and oxygen atoms in total. The highest BCUT2D eigenvalue weighted by Gasteiger charge is 2.48. The average Bonchev–Trinajstić information content (AvgIpc) is 3.37. The van der Waals surface area contributed by atoms with E-state index in [4.69, 9.17) is 13.9 Å². The Morgan fingerprint density at radius 3 is 2.51 bits per heavy atom. The van der Waals surface area contributed by atoms with Gasteiger partial charge in [0, 0.05) is 6.04 Å². The van der Waals surface area contributed by atoms with Gasteiger partial charge in [0.05, 0.1) is 41.7 Å². The molecular weight excluding hydrogens is 518 g/mol. The largest absolute Gasteiger partial charge is 0.490 e. The zero-order chi connectivity index (χ0) is 28.1. The molecule has 0 radical (unpaired) electrons. The van der Waals surface area contributed by atoms with Crippen molar-refractivity contribution >= 4 is 26.7 Å². The van der Waals surface area contributed by atoms with E-state index in [0.29, 0.717) is 53.6 Å². The van der Waals surface area contributed by atoms with E-state index < -0.39 is 27.8 Å². The molecule has 39 heavy (non-hydrogen) atoms. The molecule has 208 valence electrons. The molecule has 3 heterocycles. The molecule has 2 aromatic carbocycles. The molecule has 1 fully saturated rings. The lowest BCUT2D eigenvalue weighted by atomic mass is 9.96. The number of rotatable bonds is 8. The van der Waals surface area contributed by atoms with Gasteiger partial charge in [-0.15, -0.1) is 0 Å². The van der Waals surface area contributed by atoms with E-state index in [1.165, 1.54) is 4.90 Å². The fourth-order valence-corrected chi connectivity index (χ4v) is 7.34. The van der Waals surface area contributed by atoms with E-state index >= 15 is 0 Å². The van der Waals surface area contributed by atoms with E-state index in [2.05, 4.69) is 13.8 Å². The number of benzene rings is 2. The van der Waals surface area contributed by atoms with Crippen molar-refractivity contribution in [1.29, 1.82) is 0 Å². The summed E-state index contributed by atoms with van der Waals surface area (Å²) in [5, 5.41) is 0.406. The Hall–Kier alpha value is -3.33. The fraction of sp³-hybridized carbons (Fsp3) is 0.467. The van der Waals surface area contributed by atoms with Gasteiger partial charge in [0.15, 0.2) is 26.8 Å². The van der Waals surface area contributed by atoms with Crippen LogP contribution in [0.5, 0.6) is 11.5 Å².